The van der Waals surface area contributed by atoms with Gasteiger partial charge in [-0.3, -0.25) is 24.0 Å². The number of halogens is 1. The minimum Gasteiger partial charge on any atom is -0.508 e. The summed E-state index contributed by atoms with van der Waals surface area (Å²) in [5.74, 6) is -2.56. The molecule has 3 unspecified atom stereocenters. The van der Waals surface area contributed by atoms with E-state index in [1.54, 1.807) is 24.3 Å². The van der Waals surface area contributed by atoms with Crippen LogP contribution in [0.25, 0.3) is 0 Å². The third kappa shape index (κ3) is 15.9. The lowest BCUT2D eigenvalue weighted by Gasteiger charge is -2.23. The predicted molar refractivity (Wildman–Crippen MR) is 188 cm³/mol. The first kappa shape index (κ1) is 40.4. The molecule has 0 aliphatic carbocycles. The minimum atomic E-state index is -1.15. The van der Waals surface area contributed by atoms with E-state index in [0.717, 1.165) is 5.56 Å². The summed E-state index contributed by atoms with van der Waals surface area (Å²) in [5, 5.41) is 23.2. The highest BCUT2D eigenvalue weighted by atomic mass is 35.5. The van der Waals surface area contributed by atoms with E-state index in [0.29, 0.717) is 42.7 Å². The van der Waals surface area contributed by atoms with Gasteiger partial charge in [0.25, 0.3) is 0 Å². The number of rotatable bonds is 22. The number of carbonyl (C=O) groups excluding carboxylic acids is 6. The molecule has 48 heavy (non-hydrogen) atoms. The number of aromatic hydroxyl groups is 1. The molecule has 2 aromatic rings. The molecule has 5 amide bonds. The molecule has 0 heterocycles. The number of aldehydes is 1. The van der Waals surface area contributed by atoms with Crippen LogP contribution >= 0.6 is 33.2 Å². The highest BCUT2D eigenvalue weighted by Crippen LogP contribution is 2.18. The van der Waals surface area contributed by atoms with E-state index in [1.807, 2.05) is 18.4 Å². The predicted octanol–water partition coefficient (Wildman–Crippen LogP) is 1.25. The quantitative estimate of drug-likeness (QED) is 0.0526. The Morgan fingerprint density at radius 2 is 1.48 bits per heavy atom. The fourth-order valence-corrected chi connectivity index (χ4v) is 5.86. The molecule has 0 aliphatic heterocycles. The van der Waals surface area contributed by atoms with Crippen LogP contribution in [0.1, 0.15) is 36.8 Å². The summed E-state index contributed by atoms with van der Waals surface area (Å²) in [7, 11) is 2.78. The molecule has 0 fully saturated rings. The van der Waals surface area contributed by atoms with Crippen LogP contribution in [0, 0.1) is 0 Å². The lowest BCUT2D eigenvalue weighted by molar-refractivity contribution is -0.132. The van der Waals surface area contributed by atoms with Crippen LogP contribution in [0.4, 0.5) is 0 Å². The van der Waals surface area contributed by atoms with Crippen LogP contribution in [0.2, 0.25) is 5.02 Å². The van der Waals surface area contributed by atoms with Gasteiger partial charge in [-0.25, -0.2) is 0 Å². The number of nitrogens with two attached hydrogens (primary N) is 1. The van der Waals surface area contributed by atoms with Crippen molar-refractivity contribution in [3.63, 3.8) is 0 Å². The molecule has 8 N–H and O–H groups in total. The molecule has 13 nitrogen and oxygen atoms in total. The summed E-state index contributed by atoms with van der Waals surface area (Å²) >= 11 is 5.94. The second kappa shape index (κ2) is 22.7. The average Bonchev–Trinajstić information content (AvgIpc) is 3.07. The SMILES string of the molecule is CSSCC(NC(=O)CCc1ccc(Cl)cc1)C(=O)NC(Cc1ccc(O)cc1)C(=O)NCC(=O)NC(CCCCN)C(=O)NCC=O. The maximum Gasteiger partial charge on any atom is 0.244 e. The molecule has 3 atom stereocenters. The molecule has 0 spiro atoms. The number of nitrogens with one attached hydrogen (secondary N) is 5. The number of hydrogen-bond donors (Lipinski definition) is 7. The Morgan fingerprint density at radius 3 is 2.12 bits per heavy atom. The Labute approximate surface area is 293 Å². The zero-order valence-electron chi connectivity index (χ0n) is 26.7. The van der Waals surface area contributed by atoms with Crippen molar-refractivity contribution in [2.75, 3.05) is 31.6 Å². The third-order valence-corrected chi connectivity index (χ3v) is 9.02. The molecule has 0 aliphatic rings. The normalized spacial score (nSPS) is 12.6. The van der Waals surface area contributed by atoms with Crippen molar-refractivity contribution in [2.45, 2.75) is 56.7 Å². The first-order valence-corrected chi connectivity index (χ1v) is 18.4. The Hall–Kier alpha value is -3.79. The number of benzene rings is 2. The third-order valence-electron chi connectivity index (χ3n) is 6.95. The number of phenols is 1. The maximum atomic E-state index is 13.5. The van der Waals surface area contributed by atoms with Crippen LogP contribution in [-0.4, -0.2) is 90.7 Å². The van der Waals surface area contributed by atoms with E-state index in [2.05, 4.69) is 26.6 Å². The van der Waals surface area contributed by atoms with Crippen LogP contribution in [0.3, 0.4) is 0 Å². The second-order valence-corrected chi connectivity index (χ2v) is 13.7. The Balaban J connectivity index is 2.11. The van der Waals surface area contributed by atoms with Crippen LogP contribution < -0.4 is 32.3 Å². The fraction of sp³-hybridized carbons (Fsp3) is 0.438. The van der Waals surface area contributed by atoms with Crippen LogP contribution in [-0.2, 0) is 41.6 Å². The number of carbonyl (C=O) groups is 6. The highest BCUT2D eigenvalue weighted by Gasteiger charge is 2.28. The van der Waals surface area contributed by atoms with Crippen molar-refractivity contribution in [3.05, 3.63) is 64.7 Å². The lowest BCUT2D eigenvalue weighted by Crippen LogP contribution is -2.56. The molecule has 2 rings (SSSR count). The molecule has 0 saturated carbocycles. The van der Waals surface area contributed by atoms with E-state index in [9.17, 15) is 33.9 Å². The summed E-state index contributed by atoms with van der Waals surface area (Å²) in [4.78, 5) is 75.6. The van der Waals surface area contributed by atoms with E-state index >= 15 is 0 Å². The van der Waals surface area contributed by atoms with E-state index in [1.165, 1.54) is 33.7 Å². The Bertz CT molecular complexity index is 1350. The zero-order chi connectivity index (χ0) is 35.3. The van der Waals surface area contributed by atoms with Gasteiger partial charge in [0.1, 0.15) is 30.2 Å². The molecular weight excluding hydrogens is 680 g/mol. The first-order valence-electron chi connectivity index (χ1n) is 15.3. The van der Waals surface area contributed by atoms with E-state index < -0.39 is 48.3 Å². The smallest absolute Gasteiger partial charge is 0.244 e. The number of hydrogen-bond acceptors (Lipinski definition) is 10. The van der Waals surface area contributed by atoms with Crippen molar-refractivity contribution in [1.82, 2.24) is 26.6 Å². The lowest BCUT2D eigenvalue weighted by atomic mass is 10.0. The highest BCUT2D eigenvalue weighted by molar-refractivity contribution is 8.76. The van der Waals surface area contributed by atoms with Gasteiger partial charge in [-0.05, 0) is 73.9 Å². The van der Waals surface area contributed by atoms with Gasteiger partial charge in [0.05, 0.1) is 13.1 Å². The van der Waals surface area contributed by atoms with E-state index in [-0.39, 0.29) is 43.2 Å². The van der Waals surface area contributed by atoms with Crippen molar-refractivity contribution in [2.24, 2.45) is 5.73 Å². The van der Waals surface area contributed by atoms with Gasteiger partial charge in [-0.1, -0.05) is 57.5 Å². The minimum absolute atomic E-state index is 0.0161. The molecule has 262 valence electrons. The van der Waals surface area contributed by atoms with Gasteiger partial charge in [0, 0.05) is 23.6 Å². The standard InChI is InChI=1S/C32H43ClN6O7S2/c1-47-48-20-27(38-28(42)14-9-21-5-10-23(33)11-6-21)32(46)39-26(18-22-7-12-24(41)13-8-22)31(45)36-19-29(43)37-25(4-2-3-15-34)30(44)35-16-17-40/h5-8,10-13,17,25-27,41H,2-4,9,14-16,18-20,34H2,1H3,(H,35,44)(H,36,45)(H,37,43)(H,38,42)(H,39,46). The topological polar surface area (TPSA) is 209 Å². The molecule has 2 aromatic carbocycles. The van der Waals surface area contributed by atoms with E-state index in [4.69, 9.17) is 17.3 Å². The summed E-state index contributed by atoms with van der Waals surface area (Å²) in [6.45, 7) is -0.302. The zero-order valence-corrected chi connectivity index (χ0v) is 29.1. The summed E-state index contributed by atoms with van der Waals surface area (Å²) in [5.41, 5.74) is 7.06. The van der Waals surface area contributed by atoms with Gasteiger partial charge in [-0.15, -0.1) is 0 Å². The number of amides is 5. The summed E-state index contributed by atoms with van der Waals surface area (Å²) in [6, 6.07) is 10.1. The Kier molecular flexibility index (Phi) is 19.1. The fourth-order valence-electron chi connectivity index (χ4n) is 4.41. The van der Waals surface area contributed by atoms with Gasteiger partial charge in [0.15, 0.2) is 0 Å². The molecule has 16 heteroatoms. The van der Waals surface area contributed by atoms with Crippen LogP contribution in [0.5, 0.6) is 5.75 Å². The van der Waals surface area contributed by atoms with Crippen molar-refractivity contribution in [1.29, 1.82) is 0 Å². The molecule has 0 saturated heterocycles. The largest absolute Gasteiger partial charge is 0.508 e. The summed E-state index contributed by atoms with van der Waals surface area (Å²) < 4.78 is 0. The molecule has 0 radical (unpaired) electrons. The van der Waals surface area contributed by atoms with Crippen molar-refractivity contribution in [3.8, 4) is 5.75 Å². The van der Waals surface area contributed by atoms with Gasteiger partial charge in [-0.2, -0.15) is 0 Å². The number of unbranched alkanes of at least 4 members (excludes halogenated alkanes) is 1. The Morgan fingerprint density at radius 1 is 0.833 bits per heavy atom. The average molecular weight is 723 g/mol. The van der Waals surface area contributed by atoms with Crippen LogP contribution in [0.15, 0.2) is 48.5 Å². The number of aryl methyl sites for hydroxylation is 1. The first-order chi connectivity index (χ1) is 23.1. The molecular formula is C32H43ClN6O7S2. The summed E-state index contributed by atoms with van der Waals surface area (Å²) in [6.07, 6.45) is 4.40. The molecule has 0 bridgehead atoms. The molecule has 0 aromatic heterocycles. The van der Waals surface area contributed by atoms with Gasteiger partial charge >= 0.3 is 0 Å². The monoisotopic (exact) mass is 722 g/mol. The van der Waals surface area contributed by atoms with Gasteiger partial charge in [0.2, 0.25) is 29.5 Å². The second-order valence-electron chi connectivity index (χ2n) is 10.7. The van der Waals surface area contributed by atoms with Crippen molar-refractivity contribution >= 4 is 69.0 Å². The number of phenolic OH excluding ortho intramolecular Hbond substituents is 1. The maximum absolute atomic E-state index is 13.5. The van der Waals surface area contributed by atoms with Crippen molar-refractivity contribution < 1.29 is 33.9 Å². The van der Waals surface area contributed by atoms with Gasteiger partial charge < -0.3 is 42.2 Å².